The summed E-state index contributed by atoms with van der Waals surface area (Å²) in [6.45, 7) is 0.356. The SMILES string of the molecule is N#Cc1c(-c2ccccc2)cc(-c2ccccc2)nc1OCc1ccccc1. The number of hydrogen-bond acceptors (Lipinski definition) is 3. The van der Waals surface area contributed by atoms with E-state index in [1.165, 1.54) is 0 Å². The molecule has 3 nitrogen and oxygen atoms in total. The van der Waals surface area contributed by atoms with E-state index < -0.39 is 0 Å². The highest BCUT2D eigenvalue weighted by Crippen LogP contribution is 2.33. The predicted molar refractivity (Wildman–Crippen MR) is 111 cm³/mol. The highest BCUT2D eigenvalue weighted by Gasteiger charge is 2.16. The van der Waals surface area contributed by atoms with Crippen molar-refractivity contribution in [3.63, 3.8) is 0 Å². The van der Waals surface area contributed by atoms with Gasteiger partial charge in [0.25, 0.3) is 0 Å². The molecule has 28 heavy (non-hydrogen) atoms. The van der Waals surface area contributed by atoms with Crippen LogP contribution in [-0.2, 0) is 6.61 Å². The Morgan fingerprint density at radius 1 is 0.750 bits per heavy atom. The van der Waals surface area contributed by atoms with Crippen LogP contribution in [0.25, 0.3) is 22.4 Å². The maximum Gasteiger partial charge on any atom is 0.233 e. The molecule has 0 aliphatic heterocycles. The number of aromatic nitrogens is 1. The van der Waals surface area contributed by atoms with Crippen molar-refractivity contribution in [2.75, 3.05) is 0 Å². The second-order valence-corrected chi connectivity index (χ2v) is 6.35. The second-order valence-electron chi connectivity index (χ2n) is 6.35. The van der Waals surface area contributed by atoms with Gasteiger partial charge in [0, 0.05) is 11.1 Å². The first kappa shape index (κ1) is 17.5. The van der Waals surface area contributed by atoms with Crippen LogP contribution in [0.2, 0.25) is 0 Å². The Labute approximate surface area is 164 Å². The van der Waals surface area contributed by atoms with Crippen LogP contribution in [0.3, 0.4) is 0 Å². The molecule has 0 aliphatic rings. The van der Waals surface area contributed by atoms with E-state index in [1.54, 1.807) is 0 Å². The quantitative estimate of drug-likeness (QED) is 0.446. The van der Waals surface area contributed by atoms with Crippen LogP contribution in [-0.4, -0.2) is 4.98 Å². The van der Waals surface area contributed by atoms with E-state index in [0.717, 1.165) is 27.9 Å². The standard InChI is InChI=1S/C25H18N2O/c26-17-23-22(20-12-6-2-7-13-20)16-24(21-14-8-3-9-15-21)27-25(23)28-18-19-10-4-1-5-11-19/h1-16H,18H2. The molecule has 3 aromatic carbocycles. The molecule has 0 fully saturated rings. The molecular formula is C25H18N2O. The molecule has 4 rings (SSSR count). The van der Waals surface area contributed by atoms with Gasteiger partial charge in [-0.1, -0.05) is 91.0 Å². The minimum atomic E-state index is 0.353. The summed E-state index contributed by atoms with van der Waals surface area (Å²) >= 11 is 0. The van der Waals surface area contributed by atoms with Crippen LogP contribution in [0, 0.1) is 11.3 Å². The van der Waals surface area contributed by atoms with Gasteiger partial charge < -0.3 is 4.74 Å². The van der Waals surface area contributed by atoms with Crippen LogP contribution in [0.4, 0.5) is 0 Å². The average molecular weight is 362 g/mol. The fraction of sp³-hybridized carbons (Fsp3) is 0.0400. The highest BCUT2D eigenvalue weighted by atomic mass is 16.5. The zero-order chi connectivity index (χ0) is 19.2. The molecule has 3 heteroatoms. The van der Waals surface area contributed by atoms with Gasteiger partial charge in [0.15, 0.2) is 0 Å². The summed E-state index contributed by atoms with van der Waals surface area (Å²) in [6, 6.07) is 33.9. The number of rotatable bonds is 5. The average Bonchev–Trinajstić information content (AvgIpc) is 2.79. The molecule has 0 saturated carbocycles. The predicted octanol–water partition coefficient (Wildman–Crippen LogP) is 5.87. The van der Waals surface area contributed by atoms with Crippen LogP contribution in [0.5, 0.6) is 5.88 Å². The lowest BCUT2D eigenvalue weighted by Gasteiger charge is -2.13. The van der Waals surface area contributed by atoms with Crippen molar-refractivity contribution < 1.29 is 4.74 Å². The van der Waals surface area contributed by atoms with Gasteiger partial charge in [0.1, 0.15) is 18.2 Å². The summed E-state index contributed by atoms with van der Waals surface area (Å²) in [5.74, 6) is 0.353. The van der Waals surface area contributed by atoms with Crippen molar-refractivity contribution in [3.8, 4) is 34.3 Å². The number of nitriles is 1. The maximum absolute atomic E-state index is 9.85. The van der Waals surface area contributed by atoms with E-state index in [1.807, 2.05) is 97.1 Å². The lowest BCUT2D eigenvalue weighted by Crippen LogP contribution is -2.02. The van der Waals surface area contributed by atoms with Crippen molar-refractivity contribution in [2.24, 2.45) is 0 Å². The van der Waals surface area contributed by atoms with Gasteiger partial charge in [-0.2, -0.15) is 5.26 Å². The molecule has 0 unspecified atom stereocenters. The first-order valence-corrected chi connectivity index (χ1v) is 9.08. The molecule has 0 bridgehead atoms. The number of pyridine rings is 1. The van der Waals surface area contributed by atoms with Gasteiger partial charge in [-0.05, 0) is 17.2 Å². The first-order chi connectivity index (χ1) is 13.8. The fourth-order valence-corrected chi connectivity index (χ4v) is 3.06. The third-order valence-corrected chi connectivity index (χ3v) is 4.47. The third-order valence-electron chi connectivity index (χ3n) is 4.47. The Bertz CT molecular complexity index is 1100. The van der Waals surface area contributed by atoms with E-state index >= 15 is 0 Å². The Balaban J connectivity index is 1.82. The van der Waals surface area contributed by atoms with E-state index in [4.69, 9.17) is 4.74 Å². The summed E-state index contributed by atoms with van der Waals surface area (Å²) in [5, 5.41) is 9.85. The molecular weight excluding hydrogens is 344 g/mol. The molecule has 0 spiro atoms. The van der Waals surface area contributed by atoms with Crippen LogP contribution in [0.1, 0.15) is 11.1 Å². The first-order valence-electron chi connectivity index (χ1n) is 9.08. The van der Waals surface area contributed by atoms with Crippen molar-refractivity contribution in [3.05, 3.63) is 108 Å². The topological polar surface area (TPSA) is 45.9 Å². The van der Waals surface area contributed by atoms with Gasteiger partial charge in [-0.25, -0.2) is 4.98 Å². The number of hydrogen-bond donors (Lipinski definition) is 0. The van der Waals surface area contributed by atoms with Gasteiger partial charge in [0.2, 0.25) is 5.88 Å². The molecule has 0 amide bonds. The number of nitrogens with zero attached hydrogens (tertiary/aromatic N) is 2. The largest absolute Gasteiger partial charge is 0.472 e. The molecule has 0 radical (unpaired) electrons. The van der Waals surface area contributed by atoms with E-state index in [2.05, 4.69) is 11.1 Å². The Morgan fingerprint density at radius 3 is 1.93 bits per heavy atom. The number of ether oxygens (including phenoxy) is 1. The van der Waals surface area contributed by atoms with Crippen LogP contribution in [0.15, 0.2) is 97.1 Å². The molecule has 0 atom stereocenters. The molecule has 0 N–H and O–H groups in total. The zero-order valence-electron chi connectivity index (χ0n) is 15.2. The molecule has 0 aliphatic carbocycles. The Morgan fingerprint density at radius 2 is 1.32 bits per heavy atom. The van der Waals surface area contributed by atoms with E-state index in [9.17, 15) is 5.26 Å². The van der Waals surface area contributed by atoms with Gasteiger partial charge in [0.05, 0.1) is 5.69 Å². The molecule has 1 aromatic heterocycles. The summed E-state index contributed by atoms with van der Waals surface area (Å²) in [4.78, 5) is 4.67. The third kappa shape index (κ3) is 3.77. The van der Waals surface area contributed by atoms with Gasteiger partial charge in [-0.3, -0.25) is 0 Å². The number of benzene rings is 3. The monoisotopic (exact) mass is 362 g/mol. The summed E-state index contributed by atoms with van der Waals surface area (Å²) < 4.78 is 6.00. The van der Waals surface area contributed by atoms with E-state index in [-0.39, 0.29) is 0 Å². The normalized spacial score (nSPS) is 10.2. The second kappa shape index (κ2) is 8.20. The van der Waals surface area contributed by atoms with Crippen molar-refractivity contribution in [1.29, 1.82) is 5.26 Å². The smallest absolute Gasteiger partial charge is 0.233 e. The molecule has 1 heterocycles. The fourth-order valence-electron chi connectivity index (χ4n) is 3.06. The van der Waals surface area contributed by atoms with Gasteiger partial charge in [-0.15, -0.1) is 0 Å². The Kier molecular flexibility index (Phi) is 5.13. The molecule has 134 valence electrons. The summed E-state index contributed by atoms with van der Waals surface area (Å²) in [7, 11) is 0. The lowest BCUT2D eigenvalue weighted by molar-refractivity contribution is 0.293. The van der Waals surface area contributed by atoms with Gasteiger partial charge >= 0.3 is 0 Å². The molecule has 0 saturated heterocycles. The minimum Gasteiger partial charge on any atom is -0.472 e. The van der Waals surface area contributed by atoms with Crippen LogP contribution < -0.4 is 4.74 Å². The van der Waals surface area contributed by atoms with Crippen molar-refractivity contribution in [1.82, 2.24) is 4.98 Å². The van der Waals surface area contributed by atoms with Crippen molar-refractivity contribution in [2.45, 2.75) is 6.61 Å². The molecule has 4 aromatic rings. The van der Waals surface area contributed by atoms with Crippen LogP contribution >= 0.6 is 0 Å². The van der Waals surface area contributed by atoms with Crippen molar-refractivity contribution >= 4 is 0 Å². The minimum absolute atomic E-state index is 0.353. The van der Waals surface area contributed by atoms with E-state index in [0.29, 0.717) is 18.1 Å². The maximum atomic E-state index is 9.85. The lowest BCUT2D eigenvalue weighted by atomic mass is 9.99. The summed E-state index contributed by atoms with van der Waals surface area (Å²) in [5.41, 5.74) is 5.01. The zero-order valence-corrected chi connectivity index (χ0v) is 15.2. The summed E-state index contributed by atoms with van der Waals surface area (Å²) in [6.07, 6.45) is 0. The highest BCUT2D eigenvalue weighted by molar-refractivity contribution is 5.77. The Hall–Kier alpha value is -3.90.